The maximum absolute atomic E-state index is 14.3. The molecule has 5 aromatic rings. The van der Waals surface area contributed by atoms with E-state index in [4.69, 9.17) is 23.7 Å². The molecule has 2 aliphatic heterocycles. The summed E-state index contributed by atoms with van der Waals surface area (Å²) in [6.07, 6.45) is -1.21. The summed E-state index contributed by atoms with van der Waals surface area (Å²) in [5.41, 5.74) is 2.13. The second-order valence-electron chi connectivity index (χ2n) is 13.7. The van der Waals surface area contributed by atoms with E-state index in [1.54, 1.807) is 24.3 Å². The van der Waals surface area contributed by atoms with E-state index < -0.39 is 67.1 Å². The van der Waals surface area contributed by atoms with E-state index in [0.29, 0.717) is 25.7 Å². The third-order valence-corrected chi connectivity index (χ3v) is 10.6. The number of halogens is 1. The molecular weight excluding hydrogens is 752 g/mol. The van der Waals surface area contributed by atoms with E-state index in [2.05, 4.69) is 28.1 Å². The van der Waals surface area contributed by atoms with Crippen molar-refractivity contribution in [1.82, 2.24) is 0 Å². The molecule has 2 aliphatic rings. The van der Waals surface area contributed by atoms with E-state index in [0.717, 1.165) is 37.1 Å². The van der Waals surface area contributed by atoms with Crippen LogP contribution in [0, 0.1) is 11.8 Å². The van der Waals surface area contributed by atoms with Gasteiger partial charge in [-0.2, -0.15) is 0 Å². The van der Waals surface area contributed by atoms with E-state index >= 15 is 0 Å². The number of carbonyl (C=O) groups is 3. The number of allylic oxidation sites excluding steroid dienone is 2. The average Bonchev–Trinajstić information content (AvgIpc) is 3.19. The molecular formula is C44H41BrO9. The zero-order valence-corrected chi connectivity index (χ0v) is 31.3. The van der Waals surface area contributed by atoms with E-state index in [-0.39, 0.29) is 5.56 Å². The fourth-order valence-electron chi connectivity index (χ4n) is 7.20. The number of benzene rings is 5. The summed E-state index contributed by atoms with van der Waals surface area (Å²) in [6.45, 7) is -0.597. The number of rotatable bonds is 8. The van der Waals surface area contributed by atoms with Crippen LogP contribution in [0.3, 0.4) is 0 Å². The number of hydrogen-bond acceptors (Lipinski definition) is 9. The molecule has 54 heavy (non-hydrogen) atoms. The Morgan fingerprint density at radius 3 is 1.76 bits per heavy atom. The van der Waals surface area contributed by atoms with Gasteiger partial charge in [-0.25, -0.2) is 4.79 Å². The van der Waals surface area contributed by atoms with Crippen molar-refractivity contribution >= 4 is 55.4 Å². The van der Waals surface area contributed by atoms with Gasteiger partial charge in [-0.3, -0.25) is 9.59 Å². The zero-order valence-electron chi connectivity index (χ0n) is 29.7. The van der Waals surface area contributed by atoms with Crippen LogP contribution in [0.5, 0.6) is 0 Å². The Kier molecular flexibility index (Phi) is 11.8. The predicted octanol–water partition coefficient (Wildman–Crippen LogP) is 7.54. The van der Waals surface area contributed by atoms with Gasteiger partial charge in [-0.15, -0.1) is 0 Å². The summed E-state index contributed by atoms with van der Waals surface area (Å²) in [5.74, 6) is -3.13. The smallest absolute Gasteiger partial charge is 0.338 e. The molecule has 0 aliphatic carbocycles. The highest BCUT2D eigenvalue weighted by Gasteiger charge is 2.53. The first-order chi connectivity index (χ1) is 26.3. The molecule has 0 bridgehead atoms. The molecule has 0 spiro atoms. The van der Waals surface area contributed by atoms with Gasteiger partial charge in [-0.1, -0.05) is 113 Å². The van der Waals surface area contributed by atoms with E-state index in [1.807, 2.05) is 84.9 Å². The molecule has 0 aromatic heterocycles. The third kappa shape index (κ3) is 8.58. The van der Waals surface area contributed by atoms with Crippen molar-refractivity contribution in [2.45, 2.75) is 56.4 Å². The number of methoxy groups -OCH3 is 1. The minimum atomic E-state index is -1.37. The standard InChI is InChI=1S/C44H41BrO9/c1-50-44-40-39(38(37(26-46)51-44)52-41(47)31-18-20-36(45)21-19-31)53-42(48)34(24-27-14-16-29-8-2-4-10-32(29)22-27)12-6-7-13-35(43(49)54-40)25-28-15-17-30-9-3-5-11-33(30)23-28/h2-11,14-23,34-35,37-40,44,46H,12-13,24-26H2,1H3/b7-6+/t34-,35-,37-,38-,39+,40-,44+/m1/s1. The number of hydrogen-bond donors (Lipinski definition) is 1. The highest BCUT2D eigenvalue weighted by Crippen LogP contribution is 2.33. The van der Waals surface area contributed by atoms with Gasteiger partial charge in [-0.05, 0) is 82.6 Å². The molecule has 1 fully saturated rings. The number of aliphatic hydroxyl groups excluding tert-OH is 1. The molecule has 10 heteroatoms. The molecule has 1 saturated heterocycles. The van der Waals surface area contributed by atoms with Gasteiger partial charge in [0.25, 0.3) is 0 Å². The number of fused-ring (bicyclic) bond motifs is 3. The first-order valence-electron chi connectivity index (χ1n) is 18.1. The predicted molar refractivity (Wildman–Crippen MR) is 207 cm³/mol. The van der Waals surface area contributed by atoms with Crippen LogP contribution < -0.4 is 0 Å². The Morgan fingerprint density at radius 1 is 0.722 bits per heavy atom. The molecule has 0 radical (unpaired) electrons. The Balaban J connectivity index is 1.24. The highest BCUT2D eigenvalue weighted by molar-refractivity contribution is 9.10. The van der Waals surface area contributed by atoms with Crippen molar-refractivity contribution in [3.63, 3.8) is 0 Å². The molecule has 7 rings (SSSR count). The monoisotopic (exact) mass is 792 g/mol. The van der Waals surface area contributed by atoms with Gasteiger partial charge < -0.3 is 28.8 Å². The van der Waals surface area contributed by atoms with Crippen LogP contribution in [0.4, 0.5) is 0 Å². The summed E-state index contributed by atoms with van der Waals surface area (Å²) >= 11 is 3.38. The lowest BCUT2D eigenvalue weighted by Crippen LogP contribution is -2.63. The lowest BCUT2D eigenvalue weighted by Gasteiger charge is -2.44. The molecule has 9 nitrogen and oxygen atoms in total. The Bertz CT molecular complexity index is 2150. The molecule has 2 heterocycles. The lowest BCUT2D eigenvalue weighted by atomic mass is 9.91. The zero-order chi connectivity index (χ0) is 37.6. The second kappa shape index (κ2) is 17.1. The summed E-state index contributed by atoms with van der Waals surface area (Å²) in [6, 6.07) is 34.8. The van der Waals surface area contributed by atoms with Crippen molar-refractivity contribution in [1.29, 1.82) is 0 Å². The van der Waals surface area contributed by atoms with Crippen LogP contribution in [-0.4, -0.2) is 67.4 Å². The summed E-state index contributed by atoms with van der Waals surface area (Å²) in [7, 11) is 1.37. The van der Waals surface area contributed by atoms with Gasteiger partial charge in [0.05, 0.1) is 24.0 Å². The van der Waals surface area contributed by atoms with Crippen molar-refractivity contribution in [3.8, 4) is 0 Å². The van der Waals surface area contributed by atoms with Gasteiger partial charge in [0, 0.05) is 11.6 Å². The number of esters is 3. The maximum atomic E-state index is 14.3. The fourth-order valence-corrected chi connectivity index (χ4v) is 7.47. The molecule has 5 aromatic carbocycles. The highest BCUT2D eigenvalue weighted by atomic mass is 79.9. The number of ether oxygens (including phenoxy) is 5. The van der Waals surface area contributed by atoms with Crippen molar-refractivity contribution < 1.29 is 43.2 Å². The molecule has 1 N–H and O–H groups in total. The molecule has 278 valence electrons. The first kappa shape index (κ1) is 37.4. The molecule has 0 unspecified atom stereocenters. The van der Waals surface area contributed by atoms with Gasteiger partial charge >= 0.3 is 17.9 Å². The summed E-state index contributed by atoms with van der Waals surface area (Å²) in [4.78, 5) is 42.0. The van der Waals surface area contributed by atoms with Crippen molar-refractivity contribution in [2.75, 3.05) is 13.7 Å². The average molecular weight is 794 g/mol. The second-order valence-corrected chi connectivity index (χ2v) is 14.7. The van der Waals surface area contributed by atoms with Crippen molar-refractivity contribution in [3.05, 3.63) is 143 Å². The minimum absolute atomic E-state index is 0.228. The number of carbonyl (C=O) groups excluding carboxylic acids is 3. The van der Waals surface area contributed by atoms with Gasteiger partial charge in [0.15, 0.2) is 24.6 Å². The minimum Gasteiger partial charge on any atom is -0.454 e. The quantitative estimate of drug-likeness (QED) is 0.0967. The van der Waals surface area contributed by atoms with Crippen LogP contribution in [0.2, 0.25) is 0 Å². The van der Waals surface area contributed by atoms with Gasteiger partial charge in [0.2, 0.25) is 0 Å². The third-order valence-electron chi connectivity index (χ3n) is 10.1. The van der Waals surface area contributed by atoms with Crippen LogP contribution >= 0.6 is 15.9 Å². The summed E-state index contributed by atoms with van der Waals surface area (Å²) in [5, 5.41) is 14.8. The summed E-state index contributed by atoms with van der Waals surface area (Å²) < 4.78 is 30.9. The molecule has 0 amide bonds. The molecule has 0 saturated carbocycles. The van der Waals surface area contributed by atoms with E-state index in [1.165, 1.54) is 7.11 Å². The fraction of sp³-hybridized carbons (Fsp3) is 0.295. The van der Waals surface area contributed by atoms with E-state index in [9.17, 15) is 19.5 Å². The van der Waals surface area contributed by atoms with Crippen molar-refractivity contribution in [2.24, 2.45) is 11.8 Å². The van der Waals surface area contributed by atoms with Crippen LogP contribution in [0.1, 0.15) is 34.3 Å². The topological polar surface area (TPSA) is 118 Å². The van der Waals surface area contributed by atoms with Crippen LogP contribution in [-0.2, 0) is 46.1 Å². The van der Waals surface area contributed by atoms with Crippen LogP contribution in [0.15, 0.2) is 126 Å². The largest absolute Gasteiger partial charge is 0.454 e. The Labute approximate surface area is 321 Å². The SMILES string of the molecule is CO[C@H]1O[C@H](CO)[C@@H](OC(=O)c2ccc(Br)cc2)[C@@H]2OC(=O)[C@@H](Cc3ccc4ccccc4c3)C/C=C/C[C@H](Cc3ccc4ccccc4c3)C(=O)O[C@@H]12. The lowest BCUT2D eigenvalue weighted by molar-refractivity contribution is -0.301. The van der Waals surface area contributed by atoms with Crippen LogP contribution in [0.25, 0.3) is 21.5 Å². The maximum Gasteiger partial charge on any atom is 0.338 e. The Morgan fingerprint density at radius 2 is 1.24 bits per heavy atom. The first-order valence-corrected chi connectivity index (χ1v) is 18.9. The van der Waals surface area contributed by atoms with Gasteiger partial charge in [0.1, 0.15) is 6.10 Å². The molecule has 7 atom stereocenters. The Hall–Kier alpha value is -4.87. The number of aliphatic hydroxyl groups is 1. The normalized spacial score (nSPS) is 25.4.